The fourth-order valence-electron chi connectivity index (χ4n) is 3.43. The Morgan fingerprint density at radius 1 is 1.00 bits per heavy atom. The Labute approximate surface area is 136 Å². The number of benzene rings is 1. The molecule has 3 aliphatic rings. The van der Waals surface area contributed by atoms with E-state index in [0.29, 0.717) is 17.9 Å². The first-order chi connectivity index (χ1) is 11.4. The second-order valence-corrected chi connectivity index (χ2v) is 6.18. The lowest BCUT2D eigenvalue weighted by Gasteiger charge is -2.33. The van der Waals surface area contributed by atoms with Gasteiger partial charge in [0.05, 0.1) is 11.1 Å². The first kappa shape index (κ1) is 14.9. The van der Waals surface area contributed by atoms with Crippen LogP contribution in [0, 0.1) is 0 Å². The van der Waals surface area contributed by atoms with Gasteiger partial charge in [-0.3, -0.25) is 24.5 Å². The molecule has 1 aromatic rings. The van der Waals surface area contributed by atoms with Gasteiger partial charge >= 0.3 is 0 Å². The summed E-state index contributed by atoms with van der Waals surface area (Å²) in [6.07, 6.45) is -0.0830. The Morgan fingerprint density at radius 2 is 1.67 bits per heavy atom. The molecule has 0 radical (unpaired) electrons. The molecule has 1 aromatic carbocycles. The lowest BCUT2D eigenvalue weighted by Crippen LogP contribution is -2.61. The van der Waals surface area contributed by atoms with Gasteiger partial charge in [0.25, 0.3) is 23.5 Å². The number of piperidine rings is 1. The summed E-state index contributed by atoms with van der Waals surface area (Å²) >= 11 is 0. The molecular formula is C16H14FN3O4. The summed E-state index contributed by atoms with van der Waals surface area (Å²) in [4.78, 5) is 48.8. The van der Waals surface area contributed by atoms with Gasteiger partial charge in [-0.2, -0.15) is 0 Å². The van der Waals surface area contributed by atoms with Crippen LogP contribution in [-0.4, -0.2) is 40.9 Å². The molecule has 1 fully saturated rings. The fraction of sp³-hybridized carbons (Fsp3) is 0.375. The molecule has 1 atom stereocenters. The summed E-state index contributed by atoms with van der Waals surface area (Å²) < 4.78 is 15.2. The van der Waals surface area contributed by atoms with Crippen molar-refractivity contribution in [3.05, 3.63) is 34.4 Å². The van der Waals surface area contributed by atoms with Gasteiger partial charge in [-0.05, 0) is 36.2 Å². The number of amides is 4. The van der Waals surface area contributed by atoms with Gasteiger partial charge in [0.1, 0.15) is 0 Å². The predicted octanol–water partition coefficient (Wildman–Crippen LogP) is 0.0307. The van der Waals surface area contributed by atoms with Crippen molar-refractivity contribution in [2.45, 2.75) is 31.6 Å². The minimum atomic E-state index is -2.83. The maximum Gasteiger partial charge on any atom is 0.285 e. The minimum absolute atomic E-state index is 0.101. The van der Waals surface area contributed by atoms with Crippen LogP contribution >= 0.6 is 0 Å². The molecule has 0 bridgehead atoms. The van der Waals surface area contributed by atoms with Crippen molar-refractivity contribution in [3.8, 4) is 0 Å². The number of nitrogens with one attached hydrogen (secondary N) is 2. The Hall–Kier alpha value is -2.61. The zero-order chi connectivity index (χ0) is 17.1. The molecule has 0 saturated carbocycles. The number of carbonyl (C=O) groups is 4. The number of carbonyl (C=O) groups excluding carboxylic acids is 4. The quantitative estimate of drug-likeness (QED) is 0.559. The molecule has 24 heavy (non-hydrogen) atoms. The van der Waals surface area contributed by atoms with Crippen molar-refractivity contribution >= 4 is 23.6 Å². The van der Waals surface area contributed by atoms with E-state index in [9.17, 15) is 19.2 Å². The van der Waals surface area contributed by atoms with Crippen LogP contribution in [-0.2, 0) is 22.6 Å². The molecule has 4 amide bonds. The number of alkyl halides is 1. The third-order valence-electron chi connectivity index (χ3n) is 4.73. The summed E-state index contributed by atoms with van der Waals surface area (Å²) in [7, 11) is 0. The average molecular weight is 331 g/mol. The molecule has 8 heteroatoms. The number of imide groups is 2. The number of hydrogen-bond donors (Lipinski definition) is 2. The van der Waals surface area contributed by atoms with Crippen LogP contribution in [0.2, 0.25) is 0 Å². The highest BCUT2D eigenvalue weighted by Crippen LogP contribution is 2.36. The van der Waals surface area contributed by atoms with Crippen LogP contribution in [0.4, 0.5) is 4.39 Å². The minimum Gasteiger partial charge on any atom is -0.312 e. The molecule has 3 heterocycles. The maximum atomic E-state index is 15.2. The zero-order valence-electron chi connectivity index (χ0n) is 12.6. The molecule has 3 aliphatic heterocycles. The van der Waals surface area contributed by atoms with Crippen molar-refractivity contribution in [2.75, 3.05) is 6.54 Å². The van der Waals surface area contributed by atoms with E-state index in [1.54, 1.807) is 12.1 Å². The van der Waals surface area contributed by atoms with Crippen LogP contribution in [0.3, 0.4) is 0 Å². The van der Waals surface area contributed by atoms with Crippen LogP contribution in [0.25, 0.3) is 0 Å². The Bertz CT molecular complexity index is 777. The van der Waals surface area contributed by atoms with Crippen LogP contribution in [0.5, 0.6) is 0 Å². The molecule has 4 rings (SSSR count). The second-order valence-electron chi connectivity index (χ2n) is 6.18. The molecule has 1 unspecified atom stereocenters. The van der Waals surface area contributed by atoms with E-state index in [2.05, 4.69) is 5.32 Å². The first-order valence-electron chi connectivity index (χ1n) is 7.70. The number of rotatable bonds is 1. The van der Waals surface area contributed by atoms with Gasteiger partial charge in [0, 0.05) is 19.4 Å². The fourth-order valence-corrected chi connectivity index (χ4v) is 3.43. The highest BCUT2D eigenvalue weighted by Gasteiger charge is 2.56. The molecule has 2 N–H and O–H groups in total. The van der Waals surface area contributed by atoms with Crippen molar-refractivity contribution in [2.24, 2.45) is 0 Å². The topological polar surface area (TPSA) is 95.6 Å². The lowest BCUT2D eigenvalue weighted by molar-refractivity contribution is -0.151. The van der Waals surface area contributed by atoms with E-state index in [-0.39, 0.29) is 17.5 Å². The van der Waals surface area contributed by atoms with Crippen molar-refractivity contribution in [1.29, 1.82) is 0 Å². The van der Waals surface area contributed by atoms with E-state index in [1.807, 2.05) is 5.32 Å². The van der Waals surface area contributed by atoms with E-state index < -0.39 is 35.8 Å². The molecule has 0 aliphatic carbocycles. The van der Waals surface area contributed by atoms with Crippen molar-refractivity contribution in [3.63, 3.8) is 0 Å². The summed E-state index contributed by atoms with van der Waals surface area (Å²) in [5.41, 5.74) is 2.04. The molecule has 0 aromatic heterocycles. The monoisotopic (exact) mass is 331 g/mol. The Morgan fingerprint density at radius 3 is 2.33 bits per heavy atom. The Balaban J connectivity index is 1.77. The van der Waals surface area contributed by atoms with Gasteiger partial charge in [-0.15, -0.1) is 0 Å². The van der Waals surface area contributed by atoms with Crippen molar-refractivity contribution in [1.82, 2.24) is 15.5 Å². The molecule has 0 spiro atoms. The van der Waals surface area contributed by atoms with E-state index in [0.717, 1.165) is 17.7 Å². The standard InChI is InChI=1S/C16H14FN3O4/c17-16(3-1-12(21)19-15(16)24)20-13(22)10-5-8-2-4-18-7-9(8)6-11(10)14(20)23/h5-6,18H,1-4,7H2,(H,19,21,24). The number of hydrogen-bond acceptors (Lipinski definition) is 5. The van der Waals surface area contributed by atoms with Crippen LogP contribution in [0.1, 0.15) is 44.7 Å². The van der Waals surface area contributed by atoms with Crippen LogP contribution in [0.15, 0.2) is 12.1 Å². The largest absolute Gasteiger partial charge is 0.312 e. The van der Waals surface area contributed by atoms with E-state index >= 15 is 4.39 Å². The van der Waals surface area contributed by atoms with Gasteiger partial charge in [0.2, 0.25) is 5.91 Å². The first-order valence-corrected chi connectivity index (χ1v) is 7.70. The Kier molecular flexibility index (Phi) is 3.08. The molecule has 124 valence electrons. The number of fused-ring (bicyclic) bond motifs is 2. The van der Waals surface area contributed by atoms with Gasteiger partial charge < -0.3 is 5.32 Å². The zero-order valence-corrected chi connectivity index (χ0v) is 12.6. The predicted molar refractivity (Wildman–Crippen MR) is 78.6 cm³/mol. The normalized spacial score (nSPS) is 26.3. The SMILES string of the molecule is O=C1CCC(F)(N2C(=O)c3cc4c(cc3C2=O)CNCC4)C(=O)N1. The molecule has 1 saturated heterocycles. The molecule has 7 nitrogen and oxygen atoms in total. The summed E-state index contributed by atoms with van der Waals surface area (Å²) in [6, 6.07) is 3.20. The highest BCUT2D eigenvalue weighted by molar-refractivity contribution is 6.24. The number of nitrogens with zero attached hydrogens (tertiary/aromatic N) is 1. The average Bonchev–Trinajstić information content (AvgIpc) is 2.81. The smallest absolute Gasteiger partial charge is 0.285 e. The van der Waals surface area contributed by atoms with E-state index in [4.69, 9.17) is 0 Å². The van der Waals surface area contributed by atoms with Crippen LogP contribution < -0.4 is 10.6 Å². The number of halogens is 1. The summed E-state index contributed by atoms with van der Waals surface area (Å²) in [5.74, 6) is -6.38. The highest BCUT2D eigenvalue weighted by atomic mass is 19.1. The van der Waals surface area contributed by atoms with Gasteiger partial charge in [-0.1, -0.05) is 0 Å². The molecular weight excluding hydrogens is 317 g/mol. The van der Waals surface area contributed by atoms with Gasteiger partial charge in [0.15, 0.2) is 0 Å². The maximum absolute atomic E-state index is 15.2. The van der Waals surface area contributed by atoms with Gasteiger partial charge in [-0.25, -0.2) is 9.29 Å². The third-order valence-corrected chi connectivity index (χ3v) is 4.73. The summed E-state index contributed by atoms with van der Waals surface area (Å²) in [6.45, 7) is 1.33. The van der Waals surface area contributed by atoms with Crippen molar-refractivity contribution < 1.29 is 23.6 Å². The van der Waals surface area contributed by atoms with E-state index in [1.165, 1.54) is 0 Å². The summed E-state index contributed by atoms with van der Waals surface area (Å²) in [5, 5.41) is 5.03. The lowest BCUT2D eigenvalue weighted by atomic mass is 9.95. The second kappa shape index (κ2) is 4.94. The third kappa shape index (κ3) is 1.92.